The van der Waals surface area contributed by atoms with E-state index in [-0.39, 0.29) is 12.5 Å². The van der Waals surface area contributed by atoms with E-state index in [0.717, 1.165) is 0 Å². The van der Waals surface area contributed by atoms with Crippen molar-refractivity contribution in [3.05, 3.63) is 35.9 Å². The molecular formula is C15H19NO5. The number of benzene rings is 1. The second-order valence-corrected chi connectivity index (χ2v) is 5.30. The second kappa shape index (κ2) is 7.42. The number of rotatable bonds is 5. The molecule has 1 amide bonds. The van der Waals surface area contributed by atoms with Crippen LogP contribution in [0.5, 0.6) is 0 Å². The highest BCUT2D eigenvalue weighted by atomic mass is 16.6. The van der Waals surface area contributed by atoms with Crippen LogP contribution in [0.2, 0.25) is 0 Å². The molecule has 0 saturated carbocycles. The van der Waals surface area contributed by atoms with E-state index in [2.05, 4.69) is 5.32 Å². The first-order valence-corrected chi connectivity index (χ1v) is 6.48. The summed E-state index contributed by atoms with van der Waals surface area (Å²) < 4.78 is 9.69. The van der Waals surface area contributed by atoms with Crippen molar-refractivity contribution in [1.29, 1.82) is 0 Å². The quantitative estimate of drug-likeness (QED) is 0.828. The van der Waals surface area contributed by atoms with Gasteiger partial charge in [0.1, 0.15) is 12.1 Å². The van der Waals surface area contributed by atoms with Gasteiger partial charge in [0.2, 0.25) is 0 Å². The van der Waals surface area contributed by atoms with E-state index in [1.165, 1.54) is 0 Å². The Balaban J connectivity index is 2.29. The van der Waals surface area contributed by atoms with Gasteiger partial charge in [0.15, 0.2) is 6.61 Å². The van der Waals surface area contributed by atoms with Crippen LogP contribution in [0.4, 0.5) is 0 Å². The molecule has 1 aromatic carbocycles. The molecule has 0 spiro atoms. The van der Waals surface area contributed by atoms with Gasteiger partial charge in [0, 0.05) is 5.56 Å². The first kappa shape index (κ1) is 16.7. The van der Waals surface area contributed by atoms with Crippen molar-refractivity contribution in [3.8, 4) is 0 Å². The van der Waals surface area contributed by atoms with E-state index in [0.29, 0.717) is 5.56 Å². The predicted molar refractivity (Wildman–Crippen MR) is 75.6 cm³/mol. The van der Waals surface area contributed by atoms with Crippen LogP contribution in [0.1, 0.15) is 31.1 Å². The smallest absolute Gasteiger partial charge is 0.344 e. The van der Waals surface area contributed by atoms with Gasteiger partial charge in [-0.25, -0.2) is 4.79 Å². The Labute approximate surface area is 123 Å². The van der Waals surface area contributed by atoms with Crippen molar-refractivity contribution in [2.24, 2.45) is 0 Å². The lowest BCUT2D eigenvalue weighted by Gasteiger charge is -2.19. The van der Waals surface area contributed by atoms with Gasteiger partial charge in [-0.3, -0.25) is 9.59 Å². The summed E-state index contributed by atoms with van der Waals surface area (Å²) in [4.78, 5) is 34.4. The monoisotopic (exact) mass is 293 g/mol. The minimum absolute atomic E-state index is 0.309. The molecule has 1 rings (SSSR count). The number of ether oxygens (including phenoxy) is 2. The van der Waals surface area contributed by atoms with Gasteiger partial charge in [-0.1, -0.05) is 18.2 Å². The van der Waals surface area contributed by atoms with Crippen LogP contribution in [0.25, 0.3) is 0 Å². The van der Waals surface area contributed by atoms with Crippen molar-refractivity contribution >= 4 is 17.8 Å². The molecule has 0 fully saturated rings. The average molecular weight is 293 g/mol. The maximum Gasteiger partial charge on any atom is 0.344 e. The molecule has 0 aromatic heterocycles. The zero-order valence-electron chi connectivity index (χ0n) is 12.3. The lowest BCUT2D eigenvalue weighted by molar-refractivity contribution is -0.166. The number of amides is 1. The van der Waals surface area contributed by atoms with Gasteiger partial charge < -0.3 is 14.8 Å². The summed E-state index contributed by atoms with van der Waals surface area (Å²) >= 11 is 0. The minimum atomic E-state index is -0.704. The summed E-state index contributed by atoms with van der Waals surface area (Å²) in [6.07, 6.45) is 0. The summed E-state index contributed by atoms with van der Waals surface area (Å²) in [5, 5.41) is 2.41. The van der Waals surface area contributed by atoms with Crippen LogP contribution in [0, 0.1) is 0 Å². The molecule has 0 atom stereocenters. The number of esters is 2. The maximum atomic E-state index is 11.7. The number of hydrogen-bond donors (Lipinski definition) is 1. The molecule has 0 unspecified atom stereocenters. The van der Waals surface area contributed by atoms with Gasteiger partial charge in [-0.05, 0) is 32.9 Å². The highest BCUT2D eigenvalue weighted by Gasteiger charge is 2.17. The molecule has 0 heterocycles. The molecule has 6 heteroatoms. The number of nitrogens with one attached hydrogen (secondary N) is 1. The van der Waals surface area contributed by atoms with Gasteiger partial charge in [0.05, 0.1) is 0 Å². The van der Waals surface area contributed by atoms with Crippen LogP contribution in [-0.2, 0) is 19.1 Å². The van der Waals surface area contributed by atoms with Gasteiger partial charge >= 0.3 is 11.9 Å². The molecule has 0 bridgehead atoms. The van der Waals surface area contributed by atoms with E-state index < -0.39 is 24.1 Å². The Hall–Kier alpha value is -2.37. The molecular weight excluding hydrogens is 274 g/mol. The molecule has 1 aromatic rings. The average Bonchev–Trinajstić information content (AvgIpc) is 2.41. The number of hydrogen-bond acceptors (Lipinski definition) is 5. The lowest BCUT2D eigenvalue weighted by atomic mass is 10.2. The fraction of sp³-hybridized carbons (Fsp3) is 0.400. The summed E-state index contributed by atoms with van der Waals surface area (Å²) in [5.41, 5.74) is -0.192. The molecule has 114 valence electrons. The van der Waals surface area contributed by atoms with Crippen molar-refractivity contribution in [3.63, 3.8) is 0 Å². The van der Waals surface area contributed by atoms with Crippen LogP contribution >= 0.6 is 0 Å². The SMILES string of the molecule is CC(C)(C)OC(=O)COC(=O)CNC(=O)c1ccccc1. The molecule has 0 radical (unpaired) electrons. The van der Waals surface area contributed by atoms with Crippen LogP contribution in [0.15, 0.2) is 30.3 Å². The molecule has 0 aliphatic heterocycles. The van der Waals surface area contributed by atoms with E-state index in [9.17, 15) is 14.4 Å². The topological polar surface area (TPSA) is 81.7 Å². The molecule has 0 aliphatic carbocycles. The molecule has 0 saturated heterocycles. The van der Waals surface area contributed by atoms with Crippen molar-refractivity contribution in [2.75, 3.05) is 13.2 Å². The second-order valence-electron chi connectivity index (χ2n) is 5.30. The standard InChI is InChI=1S/C15H19NO5/c1-15(2,3)21-13(18)10-20-12(17)9-16-14(19)11-7-5-4-6-8-11/h4-8H,9-10H2,1-3H3,(H,16,19). The third-order valence-electron chi connectivity index (χ3n) is 2.20. The van der Waals surface area contributed by atoms with Gasteiger partial charge in [-0.2, -0.15) is 0 Å². The summed E-state index contributed by atoms with van der Waals surface area (Å²) in [6, 6.07) is 8.47. The van der Waals surface area contributed by atoms with E-state index in [1.54, 1.807) is 51.1 Å². The normalized spacial score (nSPS) is 10.6. The first-order chi connectivity index (χ1) is 9.78. The first-order valence-electron chi connectivity index (χ1n) is 6.48. The summed E-state index contributed by atoms with van der Waals surface area (Å²) in [5.74, 6) is -1.72. The highest BCUT2D eigenvalue weighted by molar-refractivity contribution is 5.95. The Morgan fingerprint density at radius 3 is 2.24 bits per heavy atom. The van der Waals surface area contributed by atoms with Gasteiger partial charge in [0.25, 0.3) is 5.91 Å². The zero-order chi connectivity index (χ0) is 15.9. The zero-order valence-corrected chi connectivity index (χ0v) is 12.3. The number of carbonyl (C=O) groups excluding carboxylic acids is 3. The Morgan fingerprint density at radius 2 is 1.67 bits per heavy atom. The molecule has 1 N–H and O–H groups in total. The molecule has 0 aliphatic rings. The van der Waals surface area contributed by atoms with E-state index in [1.807, 2.05) is 0 Å². The van der Waals surface area contributed by atoms with E-state index >= 15 is 0 Å². The fourth-order valence-corrected chi connectivity index (χ4v) is 1.41. The van der Waals surface area contributed by atoms with Crippen LogP contribution in [0.3, 0.4) is 0 Å². The Bertz CT molecular complexity index is 505. The maximum absolute atomic E-state index is 11.7. The molecule has 21 heavy (non-hydrogen) atoms. The van der Waals surface area contributed by atoms with E-state index in [4.69, 9.17) is 9.47 Å². The minimum Gasteiger partial charge on any atom is -0.457 e. The third-order valence-corrected chi connectivity index (χ3v) is 2.20. The lowest BCUT2D eigenvalue weighted by Crippen LogP contribution is -2.32. The number of carbonyl (C=O) groups is 3. The third kappa shape index (κ3) is 7.10. The Morgan fingerprint density at radius 1 is 1.05 bits per heavy atom. The largest absolute Gasteiger partial charge is 0.457 e. The predicted octanol–water partition coefficient (Wildman–Crippen LogP) is 1.30. The van der Waals surface area contributed by atoms with Crippen molar-refractivity contribution in [2.45, 2.75) is 26.4 Å². The van der Waals surface area contributed by atoms with Gasteiger partial charge in [-0.15, -0.1) is 0 Å². The Kier molecular flexibility index (Phi) is 5.90. The molecule has 6 nitrogen and oxygen atoms in total. The van der Waals surface area contributed by atoms with Crippen LogP contribution in [-0.4, -0.2) is 36.6 Å². The van der Waals surface area contributed by atoms with Crippen molar-refractivity contribution < 1.29 is 23.9 Å². The fourth-order valence-electron chi connectivity index (χ4n) is 1.41. The van der Waals surface area contributed by atoms with Crippen LogP contribution < -0.4 is 5.32 Å². The van der Waals surface area contributed by atoms with Crippen molar-refractivity contribution in [1.82, 2.24) is 5.32 Å². The highest BCUT2D eigenvalue weighted by Crippen LogP contribution is 2.06. The summed E-state index contributed by atoms with van der Waals surface area (Å²) in [6.45, 7) is 4.36. The summed E-state index contributed by atoms with van der Waals surface area (Å²) in [7, 11) is 0.